The van der Waals surface area contributed by atoms with Crippen LogP contribution in [0, 0.1) is 0 Å². The lowest BCUT2D eigenvalue weighted by Gasteiger charge is -2.18. The minimum absolute atomic E-state index is 0.238. The second-order valence-corrected chi connectivity index (χ2v) is 5.61. The largest absolute Gasteiger partial charge is 0.496 e. The molecule has 1 amide bonds. The van der Waals surface area contributed by atoms with Gasteiger partial charge in [0.15, 0.2) is 5.76 Å². The Morgan fingerprint density at radius 1 is 1.12 bits per heavy atom. The summed E-state index contributed by atoms with van der Waals surface area (Å²) in [5.74, 6) is 1.32. The van der Waals surface area contributed by atoms with E-state index in [1.165, 1.54) is 11.3 Å². The van der Waals surface area contributed by atoms with Crippen molar-refractivity contribution in [3.8, 4) is 5.75 Å². The molecule has 3 aromatic rings. The number of amides is 1. The maximum atomic E-state index is 12.8. The molecule has 0 N–H and O–H groups in total. The Kier molecular flexibility index (Phi) is 3.85. The third-order valence-electron chi connectivity index (χ3n) is 4.14. The van der Waals surface area contributed by atoms with E-state index in [2.05, 4.69) is 5.10 Å². The van der Waals surface area contributed by atoms with Gasteiger partial charge in [0.25, 0.3) is 0 Å². The highest BCUT2D eigenvalue weighted by Gasteiger charge is 2.36. The van der Waals surface area contributed by atoms with Crippen molar-refractivity contribution < 1.29 is 18.4 Å². The summed E-state index contributed by atoms with van der Waals surface area (Å²) in [7, 11) is 1.62. The molecule has 6 nitrogen and oxygen atoms in total. The highest BCUT2D eigenvalue weighted by atomic mass is 16.5. The van der Waals surface area contributed by atoms with Gasteiger partial charge in [0.05, 0.1) is 25.3 Å². The molecule has 0 bridgehead atoms. The first kappa shape index (κ1) is 15.3. The molecule has 1 unspecified atom stereocenters. The Morgan fingerprint density at radius 3 is 2.64 bits per heavy atom. The molecule has 4 rings (SSSR count). The summed E-state index contributed by atoms with van der Waals surface area (Å²) in [6.45, 7) is 0. The van der Waals surface area contributed by atoms with Gasteiger partial charge < -0.3 is 13.6 Å². The number of hydrogen-bond acceptors (Lipinski definition) is 5. The van der Waals surface area contributed by atoms with E-state index in [4.69, 9.17) is 13.6 Å². The summed E-state index contributed by atoms with van der Waals surface area (Å²) < 4.78 is 16.2. The first-order valence-electron chi connectivity index (χ1n) is 7.89. The molecule has 2 aromatic heterocycles. The molecule has 0 saturated heterocycles. The van der Waals surface area contributed by atoms with Crippen molar-refractivity contribution in [3.63, 3.8) is 0 Å². The SMILES string of the molecule is COc1ccccc1C1=NN(C(=O)c2ccco2)C(c2ccco2)C1. The highest BCUT2D eigenvalue weighted by Crippen LogP contribution is 2.36. The summed E-state index contributed by atoms with van der Waals surface area (Å²) in [6, 6.07) is 14.2. The zero-order valence-electron chi connectivity index (χ0n) is 13.6. The molecule has 25 heavy (non-hydrogen) atoms. The van der Waals surface area contributed by atoms with Crippen LogP contribution >= 0.6 is 0 Å². The number of para-hydroxylation sites is 1. The van der Waals surface area contributed by atoms with Gasteiger partial charge in [-0.25, -0.2) is 5.01 Å². The Labute approximate surface area is 144 Å². The van der Waals surface area contributed by atoms with Crippen molar-refractivity contribution >= 4 is 11.6 Å². The van der Waals surface area contributed by atoms with Crippen LogP contribution in [0.1, 0.15) is 34.3 Å². The molecule has 0 saturated carbocycles. The van der Waals surface area contributed by atoms with Gasteiger partial charge >= 0.3 is 5.91 Å². The molecule has 1 aliphatic heterocycles. The van der Waals surface area contributed by atoms with Crippen LogP contribution < -0.4 is 4.74 Å². The van der Waals surface area contributed by atoms with Crippen molar-refractivity contribution in [2.75, 3.05) is 7.11 Å². The summed E-state index contributed by atoms with van der Waals surface area (Å²) in [5, 5.41) is 5.98. The van der Waals surface area contributed by atoms with Gasteiger partial charge in [-0.1, -0.05) is 12.1 Å². The maximum Gasteiger partial charge on any atom is 0.310 e. The molecule has 0 radical (unpaired) electrons. The third kappa shape index (κ3) is 2.71. The zero-order chi connectivity index (χ0) is 17.2. The molecule has 126 valence electrons. The average Bonchev–Trinajstić information content (AvgIpc) is 3.42. The number of carbonyl (C=O) groups excluding carboxylic acids is 1. The second kappa shape index (κ2) is 6.32. The van der Waals surface area contributed by atoms with E-state index in [1.807, 2.05) is 30.3 Å². The van der Waals surface area contributed by atoms with E-state index in [-0.39, 0.29) is 17.7 Å². The van der Waals surface area contributed by atoms with E-state index < -0.39 is 0 Å². The zero-order valence-corrected chi connectivity index (χ0v) is 13.6. The fourth-order valence-electron chi connectivity index (χ4n) is 2.96. The maximum absolute atomic E-state index is 12.8. The smallest absolute Gasteiger partial charge is 0.310 e. The van der Waals surface area contributed by atoms with Crippen LogP contribution in [0.2, 0.25) is 0 Å². The van der Waals surface area contributed by atoms with Crippen LogP contribution in [-0.2, 0) is 0 Å². The van der Waals surface area contributed by atoms with Crippen molar-refractivity contribution in [3.05, 3.63) is 78.1 Å². The molecule has 0 fully saturated rings. The first-order valence-corrected chi connectivity index (χ1v) is 7.89. The fourth-order valence-corrected chi connectivity index (χ4v) is 2.96. The summed E-state index contributed by atoms with van der Waals surface area (Å²) in [4.78, 5) is 12.8. The second-order valence-electron chi connectivity index (χ2n) is 5.61. The van der Waals surface area contributed by atoms with E-state index in [0.717, 1.165) is 11.3 Å². The Balaban J connectivity index is 1.74. The Hall–Kier alpha value is -3.28. The van der Waals surface area contributed by atoms with Crippen LogP contribution in [0.4, 0.5) is 0 Å². The normalized spacial score (nSPS) is 16.8. The third-order valence-corrected chi connectivity index (χ3v) is 4.14. The quantitative estimate of drug-likeness (QED) is 0.725. The lowest BCUT2D eigenvalue weighted by molar-refractivity contribution is 0.0660. The van der Waals surface area contributed by atoms with Crippen molar-refractivity contribution in [2.24, 2.45) is 5.10 Å². The number of hydrazone groups is 1. The van der Waals surface area contributed by atoms with E-state index in [1.54, 1.807) is 31.6 Å². The number of rotatable bonds is 4. The van der Waals surface area contributed by atoms with Gasteiger partial charge in [-0.3, -0.25) is 4.79 Å². The number of ether oxygens (including phenoxy) is 1. The molecule has 1 aliphatic rings. The molecular formula is C19H16N2O4. The number of nitrogens with zero attached hydrogens (tertiary/aromatic N) is 2. The van der Waals surface area contributed by atoms with Gasteiger partial charge in [0.1, 0.15) is 17.6 Å². The minimum Gasteiger partial charge on any atom is -0.496 e. The lowest BCUT2D eigenvalue weighted by atomic mass is 10.0. The van der Waals surface area contributed by atoms with E-state index >= 15 is 0 Å². The minimum atomic E-state index is -0.326. The average molecular weight is 336 g/mol. The standard InChI is InChI=1S/C19H16N2O4/c1-23-16-7-3-2-6-13(16)14-12-15(17-8-4-10-24-17)21(20-14)19(22)18-9-5-11-25-18/h2-11,15H,12H2,1H3. The topological polar surface area (TPSA) is 68.2 Å². The molecule has 0 spiro atoms. The van der Waals surface area contributed by atoms with E-state index in [0.29, 0.717) is 17.9 Å². The highest BCUT2D eigenvalue weighted by molar-refractivity contribution is 6.06. The molecule has 1 aromatic carbocycles. The summed E-state index contributed by atoms with van der Waals surface area (Å²) in [6.07, 6.45) is 3.59. The molecule has 3 heterocycles. The number of hydrogen-bond donors (Lipinski definition) is 0. The van der Waals surface area contributed by atoms with Gasteiger partial charge in [0.2, 0.25) is 0 Å². The molecule has 1 atom stereocenters. The van der Waals surface area contributed by atoms with Gasteiger partial charge in [-0.05, 0) is 36.4 Å². The lowest BCUT2D eigenvalue weighted by Crippen LogP contribution is -2.26. The number of carbonyl (C=O) groups is 1. The van der Waals surface area contributed by atoms with Gasteiger partial charge in [-0.2, -0.15) is 5.10 Å². The van der Waals surface area contributed by atoms with Crippen LogP contribution in [0.5, 0.6) is 5.75 Å². The monoisotopic (exact) mass is 336 g/mol. The molecular weight excluding hydrogens is 320 g/mol. The van der Waals surface area contributed by atoms with Gasteiger partial charge in [-0.15, -0.1) is 0 Å². The van der Waals surface area contributed by atoms with Crippen LogP contribution in [0.25, 0.3) is 0 Å². The predicted molar refractivity (Wildman–Crippen MR) is 90.5 cm³/mol. The fraction of sp³-hybridized carbons (Fsp3) is 0.158. The van der Waals surface area contributed by atoms with E-state index in [9.17, 15) is 4.79 Å². The number of methoxy groups -OCH3 is 1. The molecule has 6 heteroatoms. The van der Waals surface area contributed by atoms with Crippen LogP contribution in [-0.4, -0.2) is 23.7 Å². The first-order chi connectivity index (χ1) is 12.3. The van der Waals surface area contributed by atoms with Crippen LogP contribution in [0.3, 0.4) is 0 Å². The summed E-state index contributed by atoms with van der Waals surface area (Å²) >= 11 is 0. The van der Waals surface area contributed by atoms with Gasteiger partial charge in [0, 0.05) is 12.0 Å². The number of benzene rings is 1. The van der Waals surface area contributed by atoms with Crippen molar-refractivity contribution in [1.29, 1.82) is 0 Å². The number of furan rings is 2. The van der Waals surface area contributed by atoms with Crippen molar-refractivity contribution in [2.45, 2.75) is 12.5 Å². The van der Waals surface area contributed by atoms with Crippen molar-refractivity contribution in [1.82, 2.24) is 5.01 Å². The Bertz CT molecular complexity index is 897. The Morgan fingerprint density at radius 2 is 1.92 bits per heavy atom. The predicted octanol–water partition coefficient (Wildman–Crippen LogP) is 3.87. The summed E-state index contributed by atoms with van der Waals surface area (Å²) in [5.41, 5.74) is 1.62. The molecule has 0 aliphatic carbocycles. The van der Waals surface area contributed by atoms with Crippen LogP contribution in [0.15, 0.2) is 75.0 Å².